The third-order valence-electron chi connectivity index (χ3n) is 2.06. The second kappa shape index (κ2) is 5.09. The molecule has 0 spiro atoms. The fourth-order valence-electron chi connectivity index (χ4n) is 0.866. The molecule has 1 aromatic rings. The molecule has 0 aromatic carbocycles. The van der Waals surface area contributed by atoms with Gasteiger partial charge in [0.05, 0.1) is 0 Å². The highest BCUT2D eigenvalue weighted by Crippen LogP contribution is 2.06. The van der Waals surface area contributed by atoms with Crippen molar-refractivity contribution in [2.45, 2.75) is 13.0 Å². The number of hydrogen-bond donors (Lipinski definition) is 2. The molecule has 6 nitrogen and oxygen atoms in total. The molecule has 0 saturated heterocycles. The van der Waals surface area contributed by atoms with Gasteiger partial charge in [-0.2, -0.15) is 15.0 Å². The number of nitrogens with zero attached hydrogens (tertiary/aromatic N) is 4. The maximum atomic E-state index is 5.64. The van der Waals surface area contributed by atoms with Gasteiger partial charge in [-0.15, -0.1) is 0 Å². The lowest BCUT2D eigenvalue weighted by Crippen LogP contribution is -2.32. The van der Waals surface area contributed by atoms with E-state index in [4.69, 9.17) is 17.3 Å². The molecule has 0 radical (unpaired) electrons. The fourth-order valence-corrected chi connectivity index (χ4v) is 1.03. The first-order valence-corrected chi connectivity index (χ1v) is 4.94. The molecule has 84 valence electrons. The van der Waals surface area contributed by atoms with Crippen molar-refractivity contribution in [2.24, 2.45) is 0 Å². The molecule has 1 aromatic heterocycles. The number of likely N-dealkylation sites (N-methyl/N-ethyl adjacent to an activating group) is 1. The van der Waals surface area contributed by atoms with E-state index < -0.39 is 0 Å². The minimum atomic E-state index is 0.0995. The minimum absolute atomic E-state index is 0.0995. The Hall–Kier alpha value is -1.14. The summed E-state index contributed by atoms with van der Waals surface area (Å²) >= 11 is 5.64. The molecule has 3 N–H and O–H groups in total. The van der Waals surface area contributed by atoms with Crippen LogP contribution in [0.25, 0.3) is 0 Å². The number of rotatable bonds is 4. The summed E-state index contributed by atoms with van der Waals surface area (Å²) in [7, 11) is 4.00. The van der Waals surface area contributed by atoms with Crippen molar-refractivity contribution >= 4 is 23.5 Å². The molecule has 0 aliphatic heterocycles. The predicted octanol–water partition coefficient (Wildman–Crippen LogP) is 0.469. The first-order chi connectivity index (χ1) is 6.99. The van der Waals surface area contributed by atoms with Crippen LogP contribution in [0, 0.1) is 0 Å². The van der Waals surface area contributed by atoms with Gasteiger partial charge < -0.3 is 16.0 Å². The maximum Gasteiger partial charge on any atom is 0.228 e. The summed E-state index contributed by atoms with van der Waals surface area (Å²) in [6.45, 7) is 2.80. The van der Waals surface area contributed by atoms with Crippen LogP contribution in [-0.2, 0) is 0 Å². The van der Waals surface area contributed by atoms with Crippen molar-refractivity contribution in [1.82, 2.24) is 19.9 Å². The molecule has 0 aliphatic carbocycles. The van der Waals surface area contributed by atoms with E-state index in [0.717, 1.165) is 0 Å². The average Bonchev–Trinajstić information content (AvgIpc) is 2.12. The van der Waals surface area contributed by atoms with Crippen LogP contribution in [0.1, 0.15) is 6.92 Å². The highest BCUT2D eigenvalue weighted by atomic mass is 35.5. The van der Waals surface area contributed by atoms with Crippen LogP contribution in [0.4, 0.5) is 11.9 Å². The van der Waals surface area contributed by atoms with E-state index in [1.165, 1.54) is 0 Å². The Morgan fingerprint density at radius 1 is 1.40 bits per heavy atom. The van der Waals surface area contributed by atoms with Crippen molar-refractivity contribution in [3.63, 3.8) is 0 Å². The SMILES string of the molecule is CC(CNc1nc(N)nc(Cl)n1)N(C)C. The Morgan fingerprint density at radius 3 is 2.60 bits per heavy atom. The average molecular weight is 231 g/mol. The lowest BCUT2D eigenvalue weighted by Gasteiger charge is -2.19. The summed E-state index contributed by atoms with van der Waals surface area (Å²) in [5.41, 5.74) is 5.43. The molecule has 0 aliphatic rings. The summed E-state index contributed by atoms with van der Waals surface area (Å²) in [5.74, 6) is 0.524. The quantitative estimate of drug-likeness (QED) is 0.783. The number of nitrogens with one attached hydrogen (secondary N) is 1. The van der Waals surface area contributed by atoms with Crippen LogP contribution >= 0.6 is 11.6 Å². The fraction of sp³-hybridized carbons (Fsp3) is 0.625. The zero-order valence-corrected chi connectivity index (χ0v) is 9.78. The largest absolute Gasteiger partial charge is 0.368 e. The number of nitrogen functional groups attached to an aromatic ring is 1. The van der Waals surface area contributed by atoms with E-state index >= 15 is 0 Å². The van der Waals surface area contributed by atoms with Crippen molar-refractivity contribution in [1.29, 1.82) is 0 Å². The Labute approximate surface area is 93.9 Å². The lowest BCUT2D eigenvalue weighted by atomic mass is 10.3. The molecule has 7 heteroatoms. The first kappa shape index (κ1) is 11.9. The molecule has 1 atom stereocenters. The Morgan fingerprint density at radius 2 is 2.07 bits per heavy atom. The number of aromatic nitrogens is 3. The lowest BCUT2D eigenvalue weighted by molar-refractivity contribution is 0.325. The summed E-state index contributed by atoms with van der Waals surface area (Å²) in [6, 6.07) is 0.363. The van der Waals surface area contributed by atoms with Crippen LogP contribution in [0.2, 0.25) is 5.28 Å². The Kier molecular flexibility index (Phi) is 4.05. The Balaban J connectivity index is 2.57. The highest BCUT2D eigenvalue weighted by Gasteiger charge is 2.06. The minimum Gasteiger partial charge on any atom is -0.368 e. The van der Waals surface area contributed by atoms with Gasteiger partial charge in [-0.05, 0) is 32.6 Å². The van der Waals surface area contributed by atoms with E-state index in [1.807, 2.05) is 14.1 Å². The molecule has 0 fully saturated rings. The van der Waals surface area contributed by atoms with Gasteiger partial charge in [0.15, 0.2) is 0 Å². The summed E-state index contributed by atoms with van der Waals surface area (Å²) in [5, 5.41) is 3.14. The third kappa shape index (κ3) is 3.85. The molecular weight excluding hydrogens is 216 g/mol. The number of hydrogen-bond acceptors (Lipinski definition) is 6. The normalized spacial score (nSPS) is 12.9. The molecule has 0 bridgehead atoms. The topological polar surface area (TPSA) is 80.0 Å². The van der Waals surface area contributed by atoms with Crippen molar-refractivity contribution < 1.29 is 0 Å². The molecule has 0 saturated carbocycles. The van der Waals surface area contributed by atoms with Gasteiger partial charge in [0.2, 0.25) is 17.2 Å². The van der Waals surface area contributed by atoms with Crippen LogP contribution in [0.3, 0.4) is 0 Å². The zero-order chi connectivity index (χ0) is 11.4. The standard InChI is InChI=1S/C8H15ClN6/c1-5(15(2)3)4-11-8-13-6(9)12-7(10)14-8/h5H,4H2,1-3H3,(H3,10,11,12,13,14). The second-order valence-electron chi connectivity index (χ2n) is 3.48. The number of nitrogens with two attached hydrogens (primary N) is 1. The van der Waals surface area contributed by atoms with Gasteiger partial charge >= 0.3 is 0 Å². The third-order valence-corrected chi connectivity index (χ3v) is 2.23. The van der Waals surface area contributed by atoms with Crippen LogP contribution in [0.15, 0.2) is 0 Å². The molecule has 1 rings (SSSR count). The van der Waals surface area contributed by atoms with E-state index in [9.17, 15) is 0 Å². The van der Waals surface area contributed by atoms with Crippen molar-refractivity contribution in [3.05, 3.63) is 5.28 Å². The monoisotopic (exact) mass is 230 g/mol. The zero-order valence-electron chi connectivity index (χ0n) is 9.03. The Bertz CT molecular complexity index is 309. The van der Waals surface area contributed by atoms with E-state index in [0.29, 0.717) is 18.5 Å². The van der Waals surface area contributed by atoms with Crippen LogP contribution in [-0.4, -0.2) is 46.5 Å². The number of anilines is 2. The molecular formula is C8H15ClN6. The van der Waals surface area contributed by atoms with Gasteiger partial charge in [-0.3, -0.25) is 0 Å². The molecule has 15 heavy (non-hydrogen) atoms. The summed E-state index contributed by atoms with van der Waals surface area (Å²) < 4.78 is 0. The van der Waals surface area contributed by atoms with Gasteiger partial charge in [0.25, 0.3) is 0 Å². The molecule has 0 amide bonds. The van der Waals surface area contributed by atoms with Gasteiger partial charge in [0, 0.05) is 12.6 Å². The van der Waals surface area contributed by atoms with E-state index in [1.54, 1.807) is 0 Å². The van der Waals surface area contributed by atoms with Gasteiger partial charge in [0.1, 0.15) is 0 Å². The molecule has 1 heterocycles. The smallest absolute Gasteiger partial charge is 0.228 e. The molecule has 1 unspecified atom stereocenters. The summed E-state index contributed by atoms with van der Waals surface area (Å²) in [4.78, 5) is 13.6. The predicted molar refractivity (Wildman–Crippen MR) is 60.9 cm³/mol. The van der Waals surface area contributed by atoms with E-state index in [-0.39, 0.29) is 11.2 Å². The highest BCUT2D eigenvalue weighted by molar-refractivity contribution is 6.28. The maximum absolute atomic E-state index is 5.64. The second-order valence-corrected chi connectivity index (χ2v) is 3.82. The van der Waals surface area contributed by atoms with Crippen molar-refractivity contribution in [3.8, 4) is 0 Å². The van der Waals surface area contributed by atoms with Crippen LogP contribution in [0.5, 0.6) is 0 Å². The number of halogens is 1. The van der Waals surface area contributed by atoms with Gasteiger partial charge in [-0.1, -0.05) is 0 Å². The van der Waals surface area contributed by atoms with Crippen molar-refractivity contribution in [2.75, 3.05) is 31.7 Å². The first-order valence-electron chi connectivity index (χ1n) is 4.56. The van der Waals surface area contributed by atoms with Gasteiger partial charge in [-0.25, -0.2) is 0 Å². The van der Waals surface area contributed by atoms with E-state index in [2.05, 4.69) is 32.1 Å². The van der Waals surface area contributed by atoms with Crippen LogP contribution < -0.4 is 11.1 Å². The summed E-state index contributed by atoms with van der Waals surface area (Å²) in [6.07, 6.45) is 0.